The van der Waals surface area contributed by atoms with Crippen LogP contribution in [0.1, 0.15) is 77.1 Å². The van der Waals surface area contributed by atoms with Crippen molar-refractivity contribution in [2.45, 2.75) is 91.6 Å². The van der Waals surface area contributed by atoms with Crippen molar-refractivity contribution in [1.29, 1.82) is 0 Å². The molecule has 2 aromatic rings. The summed E-state index contributed by atoms with van der Waals surface area (Å²) < 4.78 is 3.70. The molecule has 8 nitrogen and oxygen atoms in total. The lowest BCUT2D eigenvalue weighted by atomic mass is 9.99. The molecule has 8 heteroatoms. The van der Waals surface area contributed by atoms with Gasteiger partial charge in [0.1, 0.15) is 11.6 Å². The third kappa shape index (κ3) is 8.66. The highest BCUT2D eigenvalue weighted by Crippen LogP contribution is 2.09. The van der Waals surface area contributed by atoms with Crippen molar-refractivity contribution in [3.8, 4) is 0 Å². The van der Waals surface area contributed by atoms with Crippen molar-refractivity contribution in [3.63, 3.8) is 0 Å². The Morgan fingerprint density at radius 3 is 1.90 bits per heavy atom. The Hall–Kier alpha value is -2.38. The fourth-order valence-corrected chi connectivity index (χ4v) is 3.08. The molecular formula is C21H34N6O2. The largest absolute Gasteiger partial charge is 0.300 e. The molecule has 2 heterocycles. The monoisotopic (exact) mass is 402 g/mol. The summed E-state index contributed by atoms with van der Waals surface area (Å²) in [6, 6.07) is 0. The molecule has 0 aliphatic rings. The first kappa shape index (κ1) is 22.9. The second-order valence-electron chi connectivity index (χ2n) is 7.84. The van der Waals surface area contributed by atoms with Gasteiger partial charge in [0.25, 0.3) is 0 Å². The molecule has 0 N–H and O–H groups in total. The van der Waals surface area contributed by atoms with Crippen molar-refractivity contribution in [2.75, 3.05) is 0 Å². The maximum atomic E-state index is 11.9. The van der Waals surface area contributed by atoms with Gasteiger partial charge in [0, 0.05) is 44.2 Å². The van der Waals surface area contributed by atoms with Gasteiger partial charge in [0.15, 0.2) is 0 Å². The number of hydrogen-bond donors (Lipinski definition) is 0. The average Bonchev–Trinajstić information content (AvgIpc) is 3.35. The molecule has 0 spiro atoms. The number of carbonyl (C=O) groups is 2. The van der Waals surface area contributed by atoms with Crippen molar-refractivity contribution < 1.29 is 9.59 Å². The maximum Gasteiger partial charge on any atom is 0.135 e. The summed E-state index contributed by atoms with van der Waals surface area (Å²) >= 11 is 0. The summed E-state index contributed by atoms with van der Waals surface area (Å²) in [5, 5.41) is 16.8. The normalized spacial score (nSPS) is 12.2. The molecule has 2 rings (SSSR count). The van der Waals surface area contributed by atoms with E-state index in [2.05, 4.69) is 27.5 Å². The van der Waals surface area contributed by atoms with Crippen LogP contribution >= 0.6 is 0 Å². The molecule has 0 radical (unpaired) electrons. The fourth-order valence-electron chi connectivity index (χ4n) is 3.08. The summed E-state index contributed by atoms with van der Waals surface area (Å²) in [5.41, 5.74) is 1.88. The van der Waals surface area contributed by atoms with Gasteiger partial charge in [-0.1, -0.05) is 24.3 Å². The first-order chi connectivity index (χ1) is 14.0. The highest BCUT2D eigenvalue weighted by Gasteiger charge is 2.10. The van der Waals surface area contributed by atoms with Gasteiger partial charge in [-0.25, -0.2) is 0 Å². The molecule has 0 amide bonds. The zero-order valence-corrected chi connectivity index (χ0v) is 18.0. The Kier molecular flexibility index (Phi) is 9.67. The van der Waals surface area contributed by atoms with Gasteiger partial charge in [-0.2, -0.15) is 0 Å². The molecule has 1 atom stereocenters. The summed E-state index contributed by atoms with van der Waals surface area (Å²) in [6.07, 6.45) is 11.3. The average molecular weight is 403 g/mol. The SMILES string of the molecule is CCC(C)C(=O)CCCCn1cc(CCc2cn(CCCCC(C)=O)nn2)nn1. The molecule has 0 fully saturated rings. The lowest BCUT2D eigenvalue weighted by Gasteiger charge is -2.06. The molecule has 1 unspecified atom stereocenters. The lowest BCUT2D eigenvalue weighted by Crippen LogP contribution is -2.09. The number of unbranched alkanes of at least 4 members (excludes halogenated alkanes) is 2. The third-order valence-electron chi connectivity index (χ3n) is 5.20. The van der Waals surface area contributed by atoms with E-state index in [1.165, 1.54) is 0 Å². The molecule has 0 aliphatic carbocycles. The Morgan fingerprint density at radius 1 is 0.897 bits per heavy atom. The van der Waals surface area contributed by atoms with Crippen LogP contribution in [0.4, 0.5) is 0 Å². The van der Waals surface area contributed by atoms with Gasteiger partial charge in [-0.05, 0) is 51.9 Å². The minimum absolute atomic E-state index is 0.173. The molecule has 0 aromatic carbocycles. The van der Waals surface area contributed by atoms with E-state index >= 15 is 0 Å². The van der Waals surface area contributed by atoms with Crippen molar-refractivity contribution in [1.82, 2.24) is 30.0 Å². The second kappa shape index (κ2) is 12.2. The number of rotatable bonds is 15. The predicted molar refractivity (Wildman–Crippen MR) is 110 cm³/mol. The molecule has 29 heavy (non-hydrogen) atoms. The Labute approximate surface area is 173 Å². The number of hydrogen-bond acceptors (Lipinski definition) is 6. The van der Waals surface area contributed by atoms with Crippen molar-refractivity contribution in [3.05, 3.63) is 23.8 Å². The quantitative estimate of drug-likeness (QED) is 0.425. The molecule has 0 aliphatic heterocycles. The van der Waals surface area contributed by atoms with Gasteiger partial charge in [-0.15, -0.1) is 10.2 Å². The number of Topliss-reactive ketones (excluding diaryl/α,β-unsaturated/α-hetero) is 2. The van der Waals surface area contributed by atoms with Gasteiger partial charge >= 0.3 is 0 Å². The van der Waals surface area contributed by atoms with Crippen LogP contribution in [-0.4, -0.2) is 41.6 Å². The minimum Gasteiger partial charge on any atom is -0.300 e. The molecule has 0 bridgehead atoms. The van der Waals surface area contributed by atoms with E-state index in [0.717, 1.165) is 69.4 Å². The second-order valence-corrected chi connectivity index (χ2v) is 7.84. The van der Waals surface area contributed by atoms with Gasteiger partial charge in [0.05, 0.1) is 11.4 Å². The minimum atomic E-state index is 0.173. The van der Waals surface area contributed by atoms with Gasteiger partial charge in [0.2, 0.25) is 0 Å². The van der Waals surface area contributed by atoms with Crippen LogP contribution in [0.3, 0.4) is 0 Å². The molecular weight excluding hydrogens is 368 g/mol. The van der Waals surface area contributed by atoms with E-state index in [9.17, 15) is 9.59 Å². The lowest BCUT2D eigenvalue weighted by molar-refractivity contribution is -0.122. The van der Waals surface area contributed by atoms with Crippen LogP contribution in [0.15, 0.2) is 12.4 Å². The zero-order valence-electron chi connectivity index (χ0n) is 18.0. The molecule has 0 saturated heterocycles. The van der Waals surface area contributed by atoms with Crippen molar-refractivity contribution >= 4 is 11.6 Å². The Morgan fingerprint density at radius 2 is 1.41 bits per heavy atom. The van der Waals surface area contributed by atoms with E-state index in [0.29, 0.717) is 18.6 Å². The smallest absolute Gasteiger partial charge is 0.135 e. The van der Waals surface area contributed by atoms with Crippen LogP contribution in [0, 0.1) is 5.92 Å². The van der Waals surface area contributed by atoms with Gasteiger partial charge in [-0.3, -0.25) is 14.2 Å². The fraction of sp³-hybridized carbons (Fsp3) is 0.714. The van der Waals surface area contributed by atoms with Crippen LogP contribution in [0.25, 0.3) is 0 Å². The van der Waals surface area contributed by atoms with E-state index < -0.39 is 0 Å². The Balaban J connectivity index is 1.65. The summed E-state index contributed by atoms with van der Waals surface area (Å²) in [5.74, 6) is 0.766. The number of nitrogens with zero attached hydrogens (tertiary/aromatic N) is 6. The standard InChI is InChI=1S/C21H34N6O2/c1-4-17(2)21(29)10-6-8-14-27-16-20(23-25-27)12-11-19-15-26(24-22-19)13-7-5-9-18(3)28/h15-17H,4-14H2,1-3H3. The highest BCUT2D eigenvalue weighted by molar-refractivity contribution is 5.80. The maximum absolute atomic E-state index is 11.9. The number of ketones is 2. The highest BCUT2D eigenvalue weighted by atomic mass is 16.1. The Bertz CT molecular complexity index is 767. The summed E-state index contributed by atoms with van der Waals surface area (Å²) in [4.78, 5) is 22.8. The van der Waals surface area contributed by atoms with E-state index in [-0.39, 0.29) is 11.7 Å². The van der Waals surface area contributed by atoms with Crippen LogP contribution in [0.2, 0.25) is 0 Å². The van der Waals surface area contributed by atoms with Crippen molar-refractivity contribution in [2.24, 2.45) is 5.92 Å². The zero-order chi connectivity index (χ0) is 21.1. The summed E-state index contributed by atoms with van der Waals surface area (Å²) in [6.45, 7) is 7.25. The number of aromatic nitrogens is 6. The molecule has 160 valence electrons. The third-order valence-corrected chi connectivity index (χ3v) is 5.20. The van der Waals surface area contributed by atoms with E-state index in [1.807, 2.05) is 28.7 Å². The topological polar surface area (TPSA) is 95.6 Å². The van der Waals surface area contributed by atoms with Crippen LogP contribution in [0.5, 0.6) is 0 Å². The first-order valence-electron chi connectivity index (χ1n) is 10.8. The van der Waals surface area contributed by atoms with E-state index in [1.54, 1.807) is 6.92 Å². The first-order valence-corrected chi connectivity index (χ1v) is 10.8. The molecule has 0 saturated carbocycles. The molecule has 2 aromatic heterocycles. The summed E-state index contributed by atoms with van der Waals surface area (Å²) in [7, 11) is 0. The predicted octanol–water partition coefficient (Wildman–Crippen LogP) is 3.20. The van der Waals surface area contributed by atoms with Crippen LogP contribution < -0.4 is 0 Å². The number of carbonyl (C=O) groups excluding carboxylic acids is 2. The van der Waals surface area contributed by atoms with Gasteiger partial charge < -0.3 is 4.79 Å². The number of aryl methyl sites for hydroxylation is 4. The van der Waals surface area contributed by atoms with E-state index in [4.69, 9.17) is 0 Å². The van der Waals surface area contributed by atoms with Crippen LogP contribution in [-0.2, 0) is 35.5 Å².